The summed E-state index contributed by atoms with van der Waals surface area (Å²) in [5.41, 5.74) is 6.63. The van der Waals surface area contributed by atoms with Crippen molar-refractivity contribution in [3.8, 4) is 5.75 Å². The van der Waals surface area contributed by atoms with Gasteiger partial charge in [0, 0.05) is 11.8 Å². The van der Waals surface area contributed by atoms with Crippen LogP contribution in [0.15, 0.2) is 23.1 Å². The molecule has 5 heteroatoms. The molecule has 0 radical (unpaired) electrons. The summed E-state index contributed by atoms with van der Waals surface area (Å²) in [5.74, 6) is 0.385. The smallest absolute Gasteiger partial charge is 0.179 e. The van der Waals surface area contributed by atoms with Crippen LogP contribution in [-0.4, -0.2) is 21.8 Å². The molecule has 1 fully saturated rings. The number of ether oxygens (including phenoxy) is 1. The Kier molecular flexibility index (Phi) is 3.87. The highest BCUT2D eigenvalue weighted by molar-refractivity contribution is 7.90. The summed E-state index contributed by atoms with van der Waals surface area (Å²) in [5, 5.41) is 0. The number of hydrogen-bond donors (Lipinski definition) is 1. The monoisotopic (exact) mass is 283 g/mol. The molecule has 0 unspecified atom stereocenters. The molecule has 0 aliphatic heterocycles. The van der Waals surface area contributed by atoms with E-state index in [0.29, 0.717) is 11.3 Å². The predicted molar refractivity (Wildman–Crippen MR) is 75.1 cm³/mol. The predicted octanol–water partition coefficient (Wildman–Crippen LogP) is 2.22. The fourth-order valence-corrected chi connectivity index (χ4v) is 4.09. The highest BCUT2D eigenvalue weighted by Crippen LogP contribution is 2.40. The lowest BCUT2D eigenvalue weighted by Crippen LogP contribution is -2.39. The third-order valence-corrected chi connectivity index (χ3v) is 5.01. The minimum Gasteiger partial charge on any atom is -0.495 e. The van der Waals surface area contributed by atoms with E-state index in [0.717, 1.165) is 32.1 Å². The van der Waals surface area contributed by atoms with Crippen LogP contribution < -0.4 is 10.5 Å². The van der Waals surface area contributed by atoms with Crippen LogP contribution in [-0.2, 0) is 15.4 Å². The van der Waals surface area contributed by atoms with Crippen LogP contribution in [0.2, 0.25) is 0 Å². The summed E-state index contributed by atoms with van der Waals surface area (Å²) in [6.45, 7) is 0. The normalized spacial score (nSPS) is 19.1. The van der Waals surface area contributed by atoms with Crippen molar-refractivity contribution in [2.75, 3.05) is 13.4 Å². The average molecular weight is 283 g/mol. The van der Waals surface area contributed by atoms with Gasteiger partial charge >= 0.3 is 0 Å². The quantitative estimate of drug-likeness (QED) is 0.923. The Morgan fingerprint density at radius 1 is 1.21 bits per heavy atom. The number of sulfone groups is 1. The van der Waals surface area contributed by atoms with Crippen LogP contribution in [0.25, 0.3) is 0 Å². The van der Waals surface area contributed by atoms with Gasteiger partial charge in [0.2, 0.25) is 0 Å². The molecular formula is C14H21NO3S. The van der Waals surface area contributed by atoms with Crippen molar-refractivity contribution in [3.63, 3.8) is 0 Å². The first-order valence-corrected chi connectivity index (χ1v) is 8.44. The lowest BCUT2D eigenvalue weighted by Gasteiger charge is -2.35. The second kappa shape index (κ2) is 5.13. The van der Waals surface area contributed by atoms with Gasteiger partial charge in [-0.3, -0.25) is 0 Å². The summed E-state index contributed by atoms with van der Waals surface area (Å²) in [6, 6.07) is 5.31. The first-order chi connectivity index (χ1) is 8.88. The maximum atomic E-state index is 12.1. The molecule has 1 aromatic rings. The van der Waals surface area contributed by atoms with E-state index in [1.165, 1.54) is 13.4 Å². The van der Waals surface area contributed by atoms with Crippen molar-refractivity contribution in [1.29, 1.82) is 0 Å². The largest absolute Gasteiger partial charge is 0.495 e. The van der Waals surface area contributed by atoms with Crippen LogP contribution in [0.4, 0.5) is 0 Å². The van der Waals surface area contributed by atoms with Crippen molar-refractivity contribution in [2.24, 2.45) is 5.73 Å². The number of nitrogens with two attached hydrogens (primary N) is 1. The van der Waals surface area contributed by atoms with E-state index in [-0.39, 0.29) is 4.90 Å². The van der Waals surface area contributed by atoms with Gasteiger partial charge in [0.25, 0.3) is 0 Å². The molecule has 0 bridgehead atoms. The molecule has 19 heavy (non-hydrogen) atoms. The van der Waals surface area contributed by atoms with Gasteiger partial charge in [-0.25, -0.2) is 8.42 Å². The molecular weight excluding hydrogens is 262 g/mol. The molecule has 0 amide bonds. The van der Waals surface area contributed by atoms with Crippen molar-refractivity contribution in [2.45, 2.75) is 42.5 Å². The minimum atomic E-state index is -3.37. The molecule has 4 nitrogen and oxygen atoms in total. The molecule has 0 saturated heterocycles. The average Bonchev–Trinajstić information content (AvgIpc) is 2.37. The summed E-state index contributed by atoms with van der Waals surface area (Å²) in [4.78, 5) is 0.252. The molecule has 1 aromatic carbocycles. The molecule has 0 spiro atoms. The van der Waals surface area contributed by atoms with E-state index < -0.39 is 15.4 Å². The van der Waals surface area contributed by atoms with Gasteiger partial charge in [0.15, 0.2) is 9.84 Å². The summed E-state index contributed by atoms with van der Waals surface area (Å²) in [6.07, 6.45) is 6.09. The van der Waals surface area contributed by atoms with E-state index in [9.17, 15) is 8.42 Å². The van der Waals surface area contributed by atoms with Gasteiger partial charge in [-0.1, -0.05) is 31.4 Å². The van der Waals surface area contributed by atoms with Crippen molar-refractivity contribution in [1.82, 2.24) is 0 Å². The van der Waals surface area contributed by atoms with Crippen LogP contribution in [0.1, 0.15) is 37.7 Å². The zero-order chi connectivity index (χ0) is 14.1. The van der Waals surface area contributed by atoms with Crippen molar-refractivity contribution >= 4 is 9.84 Å². The van der Waals surface area contributed by atoms with E-state index in [1.807, 2.05) is 12.1 Å². The van der Waals surface area contributed by atoms with Crippen LogP contribution in [0.3, 0.4) is 0 Å². The maximum Gasteiger partial charge on any atom is 0.179 e. The Labute approximate surface area is 114 Å². The molecule has 1 aliphatic rings. The van der Waals surface area contributed by atoms with E-state index in [1.54, 1.807) is 6.07 Å². The van der Waals surface area contributed by atoms with Crippen molar-refractivity contribution < 1.29 is 13.2 Å². The molecule has 0 heterocycles. The summed E-state index contributed by atoms with van der Waals surface area (Å²) in [7, 11) is -1.88. The van der Waals surface area contributed by atoms with Crippen LogP contribution >= 0.6 is 0 Å². The van der Waals surface area contributed by atoms with Gasteiger partial charge in [0.05, 0.1) is 7.11 Å². The van der Waals surface area contributed by atoms with Crippen molar-refractivity contribution in [3.05, 3.63) is 23.8 Å². The van der Waals surface area contributed by atoms with E-state index in [4.69, 9.17) is 10.5 Å². The zero-order valence-corrected chi connectivity index (χ0v) is 12.3. The topological polar surface area (TPSA) is 69.4 Å². The molecule has 2 N–H and O–H groups in total. The first-order valence-electron chi connectivity index (χ1n) is 6.55. The summed E-state index contributed by atoms with van der Waals surface area (Å²) >= 11 is 0. The lowest BCUT2D eigenvalue weighted by molar-refractivity contribution is 0.294. The number of benzene rings is 1. The fourth-order valence-electron chi connectivity index (χ4n) is 2.90. The third kappa shape index (κ3) is 2.77. The van der Waals surface area contributed by atoms with Gasteiger partial charge in [-0.05, 0) is 24.5 Å². The molecule has 2 rings (SSSR count). The standard InChI is InChI=1S/C14H21NO3S/c1-18-12-8-6-7-11(13(12)19(2,16)17)14(15)9-4-3-5-10-14/h6-8H,3-5,9-10,15H2,1-2H3. The maximum absolute atomic E-state index is 12.1. The minimum absolute atomic E-state index is 0.252. The van der Waals surface area contributed by atoms with Gasteiger partial charge in [0.1, 0.15) is 10.6 Å². The van der Waals surface area contributed by atoms with E-state index in [2.05, 4.69) is 0 Å². The highest BCUT2D eigenvalue weighted by Gasteiger charge is 2.35. The Morgan fingerprint density at radius 3 is 2.37 bits per heavy atom. The lowest BCUT2D eigenvalue weighted by atomic mass is 9.77. The van der Waals surface area contributed by atoms with Crippen LogP contribution in [0.5, 0.6) is 5.75 Å². The first kappa shape index (κ1) is 14.3. The third-order valence-electron chi connectivity index (χ3n) is 3.85. The Hall–Kier alpha value is -1.07. The second-order valence-corrected chi connectivity index (χ2v) is 7.28. The highest BCUT2D eigenvalue weighted by atomic mass is 32.2. The van der Waals surface area contributed by atoms with Gasteiger partial charge in [-0.15, -0.1) is 0 Å². The fraction of sp³-hybridized carbons (Fsp3) is 0.571. The molecule has 0 aromatic heterocycles. The Balaban J connectivity index is 2.63. The Bertz CT molecular complexity index is 560. The Morgan fingerprint density at radius 2 is 1.84 bits per heavy atom. The number of rotatable bonds is 3. The summed E-state index contributed by atoms with van der Waals surface area (Å²) < 4.78 is 29.4. The number of hydrogen-bond acceptors (Lipinski definition) is 4. The molecule has 1 aliphatic carbocycles. The molecule has 1 saturated carbocycles. The van der Waals surface area contributed by atoms with Gasteiger partial charge < -0.3 is 10.5 Å². The second-order valence-electron chi connectivity index (χ2n) is 5.33. The van der Waals surface area contributed by atoms with E-state index >= 15 is 0 Å². The SMILES string of the molecule is COc1cccc(C2(N)CCCCC2)c1S(C)(=O)=O. The molecule has 106 valence electrons. The molecule has 0 atom stereocenters. The number of methoxy groups -OCH3 is 1. The van der Waals surface area contributed by atoms with Crippen LogP contribution in [0, 0.1) is 0 Å². The zero-order valence-electron chi connectivity index (χ0n) is 11.5. The van der Waals surface area contributed by atoms with Gasteiger partial charge in [-0.2, -0.15) is 0 Å².